The Kier molecular flexibility index (Phi) is 35.9. The zero-order valence-electron chi connectivity index (χ0n) is 5.54. The van der Waals surface area contributed by atoms with Crippen molar-refractivity contribution in [3.63, 3.8) is 0 Å². The summed E-state index contributed by atoms with van der Waals surface area (Å²) in [5.41, 5.74) is 0. The van der Waals surface area contributed by atoms with Crippen LogP contribution in [0.5, 0.6) is 0 Å². The van der Waals surface area contributed by atoms with Gasteiger partial charge in [-0.05, 0) is 13.8 Å². The maximum absolute atomic E-state index is 8.89. The first-order valence-electron chi connectivity index (χ1n) is 1.82. The first kappa shape index (κ1) is 22.7. The van der Waals surface area contributed by atoms with Gasteiger partial charge in [-0.3, -0.25) is 0 Å². The molecule has 6 heteroatoms. The van der Waals surface area contributed by atoms with E-state index in [1.165, 1.54) is 0 Å². The molecule has 0 aromatic rings. The van der Waals surface area contributed by atoms with Crippen molar-refractivity contribution in [2.45, 2.75) is 13.8 Å². The summed E-state index contributed by atoms with van der Waals surface area (Å²) >= 11 is 0. The Hall–Kier alpha value is -0.568. The van der Waals surface area contributed by atoms with E-state index in [-0.39, 0.29) is 22.8 Å². The van der Waals surface area contributed by atoms with Gasteiger partial charge in [0.2, 0.25) is 0 Å². The topological polar surface area (TPSA) is 112 Å². The quantitative estimate of drug-likeness (QED) is 0.396. The summed E-state index contributed by atoms with van der Waals surface area (Å²) in [4.78, 5) is 17.8. The zero-order chi connectivity index (χ0) is 7.15. The smallest absolute Gasteiger partial charge is 0.550 e. The van der Waals surface area contributed by atoms with Crippen molar-refractivity contribution >= 4 is 11.9 Å². The maximum Gasteiger partial charge on any atom is 2.00 e. The molecule has 5 nitrogen and oxygen atoms in total. The van der Waals surface area contributed by atoms with Gasteiger partial charge in [-0.1, -0.05) is 0 Å². The second-order valence-electron chi connectivity index (χ2n) is 0.983. The van der Waals surface area contributed by atoms with Crippen LogP contribution < -0.4 is 10.2 Å². The number of hydrogen-bond acceptors (Lipinski definition) is 4. The summed E-state index contributed by atoms with van der Waals surface area (Å²) < 4.78 is 0. The third-order valence-electron chi connectivity index (χ3n) is 0. The van der Waals surface area contributed by atoms with Gasteiger partial charge >= 0.3 is 17.4 Å². The summed E-state index contributed by atoms with van der Waals surface area (Å²) in [7, 11) is 0. The zero-order valence-corrected chi connectivity index (χ0v) is 6.82. The van der Waals surface area contributed by atoms with Crippen LogP contribution in [0.25, 0.3) is 0 Å². The van der Waals surface area contributed by atoms with Crippen molar-refractivity contribution in [1.82, 2.24) is 0 Å². The van der Waals surface area contributed by atoms with Crippen molar-refractivity contribution in [3.8, 4) is 0 Å². The normalized spacial score (nSPS) is 5.00. The Balaban J connectivity index is -0.0000000300. The second-order valence-corrected chi connectivity index (χ2v) is 0.983. The summed E-state index contributed by atoms with van der Waals surface area (Å²) in [5, 5.41) is 17.8. The Morgan fingerprint density at radius 1 is 1.00 bits per heavy atom. The van der Waals surface area contributed by atoms with E-state index in [2.05, 4.69) is 0 Å². The van der Waals surface area contributed by atoms with Crippen molar-refractivity contribution in [2.75, 3.05) is 0 Å². The number of hydrogen-bond donors (Lipinski definition) is 0. The molecule has 0 saturated heterocycles. The van der Waals surface area contributed by atoms with Gasteiger partial charge in [-0.15, -0.1) is 0 Å². The Labute approximate surface area is 69.1 Å². The molecule has 0 aliphatic rings. The minimum absolute atomic E-state index is 0. The van der Waals surface area contributed by atoms with Crippen LogP contribution in [0.15, 0.2) is 0 Å². The molecule has 0 aromatic carbocycles. The molecular weight excluding hydrogens is 180 g/mol. The molecule has 0 spiro atoms. The van der Waals surface area contributed by atoms with Crippen LogP contribution in [-0.2, 0) is 27.0 Å². The van der Waals surface area contributed by atoms with Gasteiger partial charge in [0, 0.05) is 11.9 Å². The molecule has 0 aliphatic heterocycles. The molecule has 0 fully saturated rings. The molecule has 0 radical (unpaired) electrons. The number of aliphatic carboxylic acids is 2. The van der Waals surface area contributed by atoms with E-state index in [0.29, 0.717) is 0 Å². The molecule has 0 rings (SSSR count). The predicted molar refractivity (Wildman–Crippen MR) is 25.0 cm³/mol. The average Bonchev–Trinajstić information content (AvgIpc) is 1.25. The van der Waals surface area contributed by atoms with Gasteiger partial charge in [0.25, 0.3) is 0 Å². The van der Waals surface area contributed by atoms with Gasteiger partial charge in [-0.25, -0.2) is 0 Å². The molecule has 0 bridgehead atoms. The molecular formula is C4H8CrO5. The Bertz CT molecular complexity index is 71.6. The number of carboxylic acids is 2. The summed E-state index contributed by atoms with van der Waals surface area (Å²) in [5.74, 6) is -2.17. The monoisotopic (exact) mass is 188 g/mol. The van der Waals surface area contributed by atoms with Crippen molar-refractivity contribution in [1.29, 1.82) is 0 Å². The van der Waals surface area contributed by atoms with E-state index < -0.39 is 11.9 Å². The number of rotatable bonds is 0. The molecule has 0 amide bonds. The molecule has 0 unspecified atom stereocenters. The van der Waals surface area contributed by atoms with E-state index in [0.717, 1.165) is 13.8 Å². The molecule has 0 aliphatic carbocycles. The molecule has 0 atom stereocenters. The van der Waals surface area contributed by atoms with Gasteiger partial charge in [0.1, 0.15) is 0 Å². The number of carbonyl (C=O) groups is 2. The van der Waals surface area contributed by atoms with Gasteiger partial charge < -0.3 is 25.3 Å². The SMILES string of the molecule is CC(=O)[O-].CC(=O)[O-].O.[Cr+2]. The molecule has 10 heavy (non-hydrogen) atoms. The summed E-state index contributed by atoms with van der Waals surface area (Å²) in [6.07, 6.45) is 0. The van der Waals surface area contributed by atoms with E-state index in [1.54, 1.807) is 0 Å². The van der Waals surface area contributed by atoms with Gasteiger partial charge in [0.15, 0.2) is 0 Å². The van der Waals surface area contributed by atoms with Crippen LogP contribution >= 0.6 is 0 Å². The van der Waals surface area contributed by atoms with Crippen molar-refractivity contribution < 1.29 is 42.6 Å². The third kappa shape index (κ3) is 955. The van der Waals surface area contributed by atoms with Crippen LogP contribution in [0.1, 0.15) is 13.8 Å². The molecule has 2 N–H and O–H groups in total. The van der Waals surface area contributed by atoms with Crippen LogP contribution in [0.3, 0.4) is 0 Å². The number of carboxylic acid groups (broad SMARTS) is 2. The maximum atomic E-state index is 8.89. The van der Waals surface area contributed by atoms with Crippen LogP contribution in [0.2, 0.25) is 0 Å². The minimum atomic E-state index is -1.08. The Morgan fingerprint density at radius 2 is 1.00 bits per heavy atom. The first-order chi connectivity index (χ1) is 3.46. The largest absolute Gasteiger partial charge is 2.00 e. The van der Waals surface area contributed by atoms with E-state index >= 15 is 0 Å². The Morgan fingerprint density at radius 3 is 1.00 bits per heavy atom. The third-order valence-corrected chi connectivity index (χ3v) is 0. The van der Waals surface area contributed by atoms with Crippen LogP contribution in [0, 0.1) is 0 Å². The van der Waals surface area contributed by atoms with E-state index in [9.17, 15) is 0 Å². The van der Waals surface area contributed by atoms with Gasteiger partial charge in [0.05, 0.1) is 0 Å². The molecule has 0 saturated carbocycles. The van der Waals surface area contributed by atoms with E-state index in [4.69, 9.17) is 19.8 Å². The standard InChI is InChI=1S/2C2H4O2.Cr.H2O/c2*1-2(3)4;;/h2*1H3,(H,3,4);;1H2/q;;+2;/p-2. The molecule has 0 heterocycles. The van der Waals surface area contributed by atoms with Crippen molar-refractivity contribution in [2.24, 2.45) is 0 Å². The first-order valence-corrected chi connectivity index (χ1v) is 1.82. The van der Waals surface area contributed by atoms with Crippen LogP contribution in [-0.4, -0.2) is 17.4 Å². The number of carbonyl (C=O) groups excluding carboxylic acids is 2. The molecule has 0 aromatic heterocycles. The second kappa shape index (κ2) is 15.8. The predicted octanol–water partition coefficient (Wildman–Crippen LogP) is -3.31. The molecule has 60 valence electrons. The van der Waals surface area contributed by atoms with Crippen LogP contribution in [0.4, 0.5) is 0 Å². The van der Waals surface area contributed by atoms with Crippen molar-refractivity contribution in [3.05, 3.63) is 0 Å². The average molecular weight is 188 g/mol. The fraction of sp³-hybridized carbons (Fsp3) is 0.500. The minimum Gasteiger partial charge on any atom is -0.550 e. The van der Waals surface area contributed by atoms with E-state index in [1.807, 2.05) is 0 Å². The fourth-order valence-corrected chi connectivity index (χ4v) is 0. The fourth-order valence-electron chi connectivity index (χ4n) is 0. The van der Waals surface area contributed by atoms with Gasteiger partial charge in [-0.2, -0.15) is 0 Å². The summed E-state index contributed by atoms with van der Waals surface area (Å²) in [6.45, 7) is 1.94. The summed E-state index contributed by atoms with van der Waals surface area (Å²) in [6, 6.07) is 0.